The van der Waals surface area contributed by atoms with Gasteiger partial charge >= 0.3 is 0 Å². The molecule has 172 valence electrons. The van der Waals surface area contributed by atoms with E-state index in [9.17, 15) is 4.79 Å². The molecule has 0 saturated heterocycles. The predicted octanol–water partition coefficient (Wildman–Crippen LogP) is 3.04. The number of carbonyl (C=O) groups excluding carboxylic acids is 1. The van der Waals surface area contributed by atoms with E-state index >= 15 is 0 Å². The fourth-order valence-electron chi connectivity index (χ4n) is 2.79. The van der Waals surface area contributed by atoms with Gasteiger partial charge in [-0.3, -0.25) is 4.79 Å². The van der Waals surface area contributed by atoms with E-state index in [1.165, 1.54) is 4.68 Å². The summed E-state index contributed by atoms with van der Waals surface area (Å²) < 4.78 is 23.8. The summed E-state index contributed by atoms with van der Waals surface area (Å²) in [5.41, 5.74) is 1.12. The standard InChI is InChI=1S/C22H34N4O5/c1-6-29-21(30-7-2)15-26-14-18(24-25-26)22(27)23-13-17-8-9-19(20(12-17)28-5)31-11-10-16(3)4/h8-9,12,14,16,21H,6-7,10-11,13,15H2,1-5H3,(H,23,27). The number of amides is 1. The van der Waals surface area contributed by atoms with Gasteiger partial charge in [0, 0.05) is 19.8 Å². The highest BCUT2D eigenvalue weighted by molar-refractivity contribution is 5.91. The Kier molecular flexibility index (Phi) is 10.3. The topological polar surface area (TPSA) is 96.7 Å². The highest BCUT2D eigenvalue weighted by Gasteiger charge is 2.15. The average molecular weight is 435 g/mol. The first-order valence-electron chi connectivity index (χ1n) is 10.7. The molecule has 0 radical (unpaired) electrons. The van der Waals surface area contributed by atoms with Gasteiger partial charge in [-0.15, -0.1) is 5.10 Å². The van der Waals surface area contributed by atoms with Gasteiger partial charge in [0.2, 0.25) is 0 Å². The van der Waals surface area contributed by atoms with Crippen molar-refractivity contribution in [1.82, 2.24) is 20.3 Å². The number of benzene rings is 1. The molecule has 2 aromatic rings. The second-order valence-corrected chi connectivity index (χ2v) is 7.36. The van der Waals surface area contributed by atoms with Crippen molar-refractivity contribution in [3.8, 4) is 11.5 Å². The third kappa shape index (κ3) is 8.18. The van der Waals surface area contributed by atoms with E-state index in [4.69, 9.17) is 18.9 Å². The highest BCUT2D eigenvalue weighted by Crippen LogP contribution is 2.28. The van der Waals surface area contributed by atoms with Crippen molar-refractivity contribution in [2.45, 2.75) is 53.5 Å². The minimum Gasteiger partial charge on any atom is -0.493 e. The summed E-state index contributed by atoms with van der Waals surface area (Å²) in [5.74, 6) is 1.59. The van der Waals surface area contributed by atoms with Crippen molar-refractivity contribution in [2.75, 3.05) is 26.9 Å². The van der Waals surface area contributed by atoms with Crippen LogP contribution in [-0.4, -0.2) is 54.1 Å². The van der Waals surface area contributed by atoms with Crippen LogP contribution in [0, 0.1) is 5.92 Å². The van der Waals surface area contributed by atoms with Crippen molar-refractivity contribution < 1.29 is 23.7 Å². The number of ether oxygens (including phenoxy) is 4. The lowest BCUT2D eigenvalue weighted by Crippen LogP contribution is -2.24. The number of hydrogen-bond acceptors (Lipinski definition) is 7. The Morgan fingerprint density at radius 2 is 1.90 bits per heavy atom. The molecule has 0 fully saturated rings. The van der Waals surface area contributed by atoms with Crippen LogP contribution >= 0.6 is 0 Å². The Bertz CT molecular complexity index is 803. The van der Waals surface area contributed by atoms with Crippen molar-refractivity contribution in [2.24, 2.45) is 5.92 Å². The molecule has 0 saturated carbocycles. The van der Waals surface area contributed by atoms with E-state index in [2.05, 4.69) is 29.5 Å². The Morgan fingerprint density at radius 1 is 1.16 bits per heavy atom. The molecule has 1 heterocycles. The average Bonchev–Trinajstić information content (AvgIpc) is 3.21. The maximum Gasteiger partial charge on any atom is 0.273 e. The van der Waals surface area contributed by atoms with Crippen LogP contribution in [0.3, 0.4) is 0 Å². The van der Waals surface area contributed by atoms with Crippen molar-refractivity contribution in [3.05, 3.63) is 35.7 Å². The first-order chi connectivity index (χ1) is 15.0. The lowest BCUT2D eigenvalue weighted by atomic mass is 10.1. The van der Waals surface area contributed by atoms with E-state index in [0.29, 0.717) is 50.3 Å². The van der Waals surface area contributed by atoms with Crippen molar-refractivity contribution in [3.63, 3.8) is 0 Å². The lowest BCUT2D eigenvalue weighted by molar-refractivity contribution is -0.145. The van der Waals surface area contributed by atoms with Crippen LogP contribution in [0.15, 0.2) is 24.4 Å². The third-order valence-corrected chi connectivity index (χ3v) is 4.45. The summed E-state index contributed by atoms with van der Waals surface area (Å²) >= 11 is 0. The molecule has 0 bridgehead atoms. The van der Waals surface area contributed by atoms with Crippen LogP contribution in [0.2, 0.25) is 0 Å². The summed E-state index contributed by atoms with van der Waals surface area (Å²) in [7, 11) is 1.60. The lowest BCUT2D eigenvalue weighted by Gasteiger charge is -2.16. The minimum absolute atomic E-state index is 0.229. The first kappa shape index (κ1) is 24.6. The number of hydrogen-bond donors (Lipinski definition) is 1. The molecule has 1 N–H and O–H groups in total. The zero-order valence-electron chi connectivity index (χ0n) is 19.1. The number of methoxy groups -OCH3 is 1. The monoisotopic (exact) mass is 434 g/mol. The van der Waals surface area contributed by atoms with Crippen LogP contribution < -0.4 is 14.8 Å². The summed E-state index contributed by atoms with van der Waals surface area (Å²) in [6, 6.07) is 5.62. The molecule has 9 nitrogen and oxygen atoms in total. The molecular formula is C22H34N4O5. The van der Waals surface area contributed by atoms with E-state index in [1.54, 1.807) is 13.3 Å². The Hall–Kier alpha value is -2.65. The summed E-state index contributed by atoms with van der Waals surface area (Å²) in [6.45, 7) is 10.5. The smallest absolute Gasteiger partial charge is 0.273 e. The van der Waals surface area contributed by atoms with Gasteiger partial charge in [0.1, 0.15) is 0 Å². The molecular weight excluding hydrogens is 400 g/mol. The van der Waals surface area contributed by atoms with Crippen molar-refractivity contribution in [1.29, 1.82) is 0 Å². The zero-order chi connectivity index (χ0) is 22.6. The minimum atomic E-state index is -0.429. The van der Waals surface area contributed by atoms with Gasteiger partial charge in [0.15, 0.2) is 23.5 Å². The quantitative estimate of drug-likeness (QED) is 0.457. The molecule has 1 aromatic heterocycles. The SMILES string of the molecule is CCOC(Cn1cc(C(=O)NCc2ccc(OCCC(C)C)c(OC)c2)nn1)OCC. The summed E-state index contributed by atoms with van der Waals surface area (Å²) in [4.78, 5) is 12.4. The number of nitrogens with one attached hydrogen (secondary N) is 1. The maximum atomic E-state index is 12.4. The molecule has 31 heavy (non-hydrogen) atoms. The van der Waals surface area contributed by atoms with Gasteiger partial charge in [-0.2, -0.15) is 0 Å². The van der Waals surface area contributed by atoms with Crippen LogP contribution in [0.4, 0.5) is 0 Å². The molecule has 0 atom stereocenters. The normalized spacial score (nSPS) is 11.2. The molecule has 0 aliphatic heterocycles. The summed E-state index contributed by atoms with van der Waals surface area (Å²) in [6.07, 6.45) is 2.12. The second kappa shape index (κ2) is 12.9. The van der Waals surface area contributed by atoms with Crippen LogP contribution in [-0.2, 0) is 22.6 Å². The van der Waals surface area contributed by atoms with Gasteiger partial charge in [-0.1, -0.05) is 25.1 Å². The highest BCUT2D eigenvalue weighted by atomic mass is 16.7. The van der Waals surface area contributed by atoms with Crippen molar-refractivity contribution >= 4 is 5.91 Å². The van der Waals surface area contributed by atoms with Gasteiger partial charge in [-0.25, -0.2) is 4.68 Å². The number of nitrogens with zero attached hydrogens (tertiary/aromatic N) is 3. The third-order valence-electron chi connectivity index (χ3n) is 4.45. The largest absolute Gasteiger partial charge is 0.493 e. The maximum absolute atomic E-state index is 12.4. The number of carbonyl (C=O) groups is 1. The van der Waals surface area contributed by atoms with E-state index in [0.717, 1.165) is 12.0 Å². The number of rotatable bonds is 14. The molecule has 1 amide bonds. The summed E-state index contributed by atoms with van der Waals surface area (Å²) in [5, 5.41) is 10.8. The molecule has 0 aliphatic rings. The number of aromatic nitrogens is 3. The molecule has 9 heteroatoms. The van der Waals surface area contributed by atoms with Crippen LogP contribution in [0.5, 0.6) is 11.5 Å². The molecule has 0 aliphatic carbocycles. The van der Waals surface area contributed by atoms with E-state index < -0.39 is 6.29 Å². The Balaban J connectivity index is 1.91. The van der Waals surface area contributed by atoms with E-state index in [-0.39, 0.29) is 11.6 Å². The van der Waals surface area contributed by atoms with Gasteiger partial charge < -0.3 is 24.3 Å². The van der Waals surface area contributed by atoms with Gasteiger partial charge in [0.05, 0.1) is 26.5 Å². The van der Waals surface area contributed by atoms with Crippen LogP contribution in [0.1, 0.15) is 50.2 Å². The van der Waals surface area contributed by atoms with Crippen LogP contribution in [0.25, 0.3) is 0 Å². The fourth-order valence-corrected chi connectivity index (χ4v) is 2.79. The van der Waals surface area contributed by atoms with Gasteiger partial charge in [-0.05, 0) is 43.9 Å². The van der Waals surface area contributed by atoms with E-state index in [1.807, 2.05) is 32.0 Å². The molecule has 2 rings (SSSR count). The molecule has 1 aromatic carbocycles. The van der Waals surface area contributed by atoms with Gasteiger partial charge in [0.25, 0.3) is 5.91 Å². The Labute approximate surface area is 184 Å². The second-order valence-electron chi connectivity index (χ2n) is 7.36. The zero-order valence-corrected chi connectivity index (χ0v) is 19.1. The fraction of sp³-hybridized carbons (Fsp3) is 0.591. The molecule has 0 spiro atoms. The first-order valence-corrected chi connectivity index (χ1v) is 10.7. The predicted molar refractivity (Wildman–Crippen MR) is 116 cm³/mol. The molecule has 0 unspecified atom stereocenters. The Morgan fingerprint density at radius 3 is 2.55 bits per heavy atom.